The Morgan fingerprint density at radius 2 is 1.92 bits per heavy atom. The van der Waals surface area contributed by atoms with Gasteiger partial charge in [0.25, 0.3) is 5.91 Å². The molecule has 24 heavy (non-hydrogen) atoms. The van der Waals surface area contributed by atoms with E-state index in [0.29, 0.717) is 11.3 Å². The number of fused-ring (bicyclic) bond motifs is 1. The predicted molar refractivity (Wildman–Crippen MR) is 88.7 cm³/mol. The van der Waals surface area contributed by atoms with E-state index in [1.165, 1.54) is 6.92 Å². The standard InChI is InChI=1S/C18H16N2O4/c1-11-10-16(20-24-11)19-17(21)12(2)23-18(22)15-9-5-7-13-6-3-4-8-14(13)15/h3-10,12H,1-2H3,(H,19,20,21)/t12-/m0/s1. The number of hydrogen-bond acceptors (Lipinski definition) is 5. The summed E-state index contributed by atoms with van der Waals surface area (Å²) >= 11 is 0. The van der Waals surface area contributed by atoms with Crippen molar-refractivity contribution in [3.63, 3.8) is 0 Å². The average molecular weight is 324 g/mol. The molecule has 1 heterocycles. The molecule has 0 saturated heterocycles. The Morgan fingerprint density at radius 3 is 2.67 bits per heavy atom. The van der Waals surface area contributed by atoms with Crippen molar-refractivity contribution in [2.45, 2.75) is 20.0 Å². The van der Waals surface area contributed by atoms with Crippen molar-refractivity contribution < 1.29 is 18.8 Å². The zero-order chi connectivity index (χ0) is 17.1. The maximum atomic E-state index is 12.4. The van der Waals surface area contributed by atoms with Crippen LogP contribution in [0.25, 0.3) is 10.8 Å². The lowest BCUT2D eigenvalue weighted by Gasteiger charge is -2.13. The fourth-order valence-corrected chi connectivity index (χ4v) is 2.33. The van der Waals surface area contributed by atoms with Gasteiger partial charge < -0.3 is 14.6 Å². The van der Waals surface area contributed by atoms with Gasteiger partial charge in [0.1, 0.15) is 5.76 Å². The van der Waals surface area contributed by atoms with Crippen molar-refractivity contribution in [2.75, 3.05) is 5.32 Å². The summed E-state index contributed by atoms with van der Waals surface area (Å²) in [6.45, 7) is 3.22. The number of ether oxygens (including phenoxy) is 1. The molecule has 6 nitrogen and oxygen atoms in total. The van der Waals surface area contributed by atoms with Crippen molar-refractivity contribution >= 4 is 28.5 Å². The summed E-state index contributed by atoms with van der Waals surface area (Å²) in [7, 11) is 0. The fraction of sp³-hybridized carbons (Fsp3) is 0.167. The van der Waals surface area contributed by atoms with Crippen LogP contribution in [0.1, 0.15) is 23.0 Å². The number of rotatable bonds is 4. The summed E-state index contributed by atoms with van der Waals surface area (Å²) in [5, 5.41) is 7.92. The van der Waals surface area contributed by atoms with Crippen LogP contribution < -0.4 is 5.32 Å². The lowest BCUT2D eigenvalue weighted by Crippen LogP contribution is -2.30. The largest absolute Gasteiger partial charge is 0.449 e. The minimum Gasteiger partial charge on any atom is -0.449 e. The number of nitrogens with zero attached hydrogens (tertiary/aromatic N) is 1. The van der Waals surface area contributed by atoms with Crippen LogP contribution >= 0.6 is 0 Å². The molecule has 0 spiro atoms. The molecule has 0 fully saturated rings. The molecule has 1 amide bonds. The lowest BCUT2D eigenvalue weighted by atomic mass is 10.0. The van der Waals surface area contributed by atoms with Gasteiger partial charge in [0.15, 0.2) is 11.9 Å². The number of anilines is 1. The van der Waals surface area contributed by atoms with E-state index in [4.69, 9.17) is 9.26 Å². The smallest absolute Gasteiger partial charge is 0.339 e. The van der Waals surface area contributed by atoms with Gasteiger partial charge in [0.05, 0.1) is 5.56 Å². The maximum Gasteiger partial charge on any atom is 0.339 e. The van der Waals surface area contributed by atoms with E-state index in [1.54, 1.807) is 25.1 Å². The normalized spacial score (nSPS) is 11.9. The predicted octanol–water partition coefficient (Wildman–Crippen LogP) is 3.32. The number of nitrogens with one attached hydrogen (secondary N) is 1. The molecule has 122 valence electrons. The van der Waals surface area contributed by atoms with Gasteiger partial charge in [-0.3, -0.25) is 4.79 Å². The number of aryl methyl sites for hydroxylation is 1. The quantitative estimate of drug-likeness (QED) is 0.745. The summed E-state index contributed by atoms with van der Waals surface area (Å²) in [4.78, 5) is 24.5. The third-order valence-electron chi connectivity index (χ3n) is 3.54. The van der Waals surface area contributed by atoms with Gasteiger partial charge in [0.2, 0.25) is 0 Å². The summed E-state index contributed by atoms with van der Waals surface area (Å²) < 4.78 is 10.1. The van der Waals surface area contributed by atoms with Gasteiger partial charge in [-0.15, -0.1) is 0 Å². The Balaban J connectivity index is 1.72. The van der Waals surface area contributed by atoms with Gasteiger partial charge in [0, 0.05) is 6.07 Å². The zero-order valence-corrected chi connectivity index (χ0v) is 13.3. The minimum atomic E-state index is -0.964. The summed E-state index contributed by atoms with van der Waals surface area (Å²) in [5.74, 6) is -0.168. The molecular weight excluding hydrogens is 308 g/mol. The highest BCUT2D eigenvalue weighted by atomic mass is 16.5. The first-order valence-corrected chi connectivity index (χ1v) is 7.47. The van der Waals surface area contributed by atoms with Crippen LogP contribution in [0.4, 0.5) is 5.82 Å². The van der Waals surface area contributed by atoms with Crippen LogP contribution in [-0.4, -0.2) is 23.1 Å². The third-order valence-corrected chi connectivity index (χ3v) is 3.54. The molecule has 6 heteroatoms. The van der Waals surface area contributed by atoms with E-state index in [2.05, 4.69) is 10.5 Å². The van der Waals surface area contributed by atoms with E-state index < -0.39 is 18.0 Å². The molecular formula is C18H16N2O4. The second-order valence-corrected chi connectivity index (χ2v) is 5.39. The molecule has 0 aliphatic carbocycles. The fourth-order valence-electron chi connectivity index (χ4n) is 2.33. The topological polar surface area (TPSA) is 81.4 Å². The monoisotopic (exact) mass is 324 g/mol. The average Bonchev–Trinajstić information content (AvgIpc) is 2.99. The van der Waals surface area contributed by atoms with Gasteiger partial charge in [-0.1, -0.05) is 41.6 Å². The van der Waals surface area contributed by atoms with Crippen molar-refractivity contribution in [1.82, 2.24) is 5.16 Å². The number of amides is 1. The van der Waals surface area contributed by atoms with Crippen molar-refractivity contribution in [3.8, 4) is 0 Å². The number of carbonyl (C=O) groups excluding carboxylic acids is 2. The molecule has 0 aliphatic rings. The van der Waals surface area contributed by atoms with Gasteiger partial charge in [-0.2, -0.15) is 0 Å². The SMILES string of the molecule is Cc1cc(NC(=O)[C@H](C)OC(=O)c2cccc3ccccc23)no1. The highest BCUT2D eigenvalue weighted by Gasteiger charge is 2.21. The molecule has 1 aromatic heterocycles. The Morgan fingerprint density at radius 1 is 1.17 bits per heavy atom. The van der Waals surface area contributed by atoms with E-state index in [1.807, 2.05) is 30.3 Å². The Labute approximate surface area is 138 Å². The van der Waals surface area contributed by atoms with E-state index in [9.17, 15) is 9.59 Å². The molecule has 0 saturated carbocycles. The number of esters is 1. The molecule has 1 atom stereocenters. The van der Waals surface area contributed by atoms with Crippen LogP contribution in [-0.2, 0) is 9.53 Å². The first-order chi connectivity index (χ1) is 11.5. The molecule has 0 aliphatic heterocycles. The van der Waals surface area contributed by atoms with Crippen LogP contribution in [0, 0.1) is 6.92 Å². The second-order valence-electron chi connectivity index (χ2n) is 5.39. The molecule has 0 radical (unpaired) electrons. The van der Waals surface area contributed by atoms with Gasteiger partial charge in [-0.25, -0.2) is 4.79 Å². The number of hydrogen-bond donors (Lipinski definition) is 1. The first kappa shape index (κ1) is 15.7. The van der Waals surface area contributed by atoms with Crippen LogP contribution in [0.3, 0.4) is 0 Å². The molecule has 3 aromatic rings. The molecule has 3 rings (SSSR count). The molecule has 0 bridgehead atoms. The van der Waals surface area contributed by atoms with Gasteiger partial charge >= 0.3 is 5.97 Å². The van der Waals surface area contributed by atoms with Crippen LogP contribution in [0.2, 0.25) is 0 Å². The van der Waals surface area contributed by atoms with E-state index in [0.717, 1.165) is 10.8 Å². The van der Waals surface area contributed by atoms with Gasteiger partial charge in [-0.05, 0) is 30.7 Å². The third kappa shape index (κ3) is 3.27. The maximum absolute atomic E-state index is 12.4. The molecule has 2 aromatic carbocycles. The Bertz CT molecular complexity index is 895. The highest BCUT2D eigenvalue weighted by molar-refractivity contribution is 6.05. The first-order valence-electron chi connectivity index (χ1n) is 7.47. The van der Waals surface area contributed by atoms with Crippen LogP contribution in [0.5, 0.6) is 0 Å². The molecule has 0 unspecified atom stereocenters. The highest BCUT2D eigenvalue weighted by Crippen LogP contribution is 2.20. The summed E-state index contributed by atoms with van der Waals surface area (Å²) in [6.07, 6.45) is -0.964. The van der Waals surface area contributed by atoms with Crippen LogP contribution in [0.15, 0.2) is 53.1 Å². The van der Waals surface area contributed by atoms with Crippen molar-refractivity contribution in [3.05, 3.63) is 59.9 Å². The van der Waals surface area contributed by atoms with E-state index >= 15 is 0 Å². The lowest BCUT2D eigenvalue weighted by molar-refractivity contribution is -0.123. The Kier molecular flexibility index (Phi) is 4.29. The Hall–Kier alpha value is -3.15. The second kappa shape index (κ2) is 6.54. The zero-order valence-electron chi connectivity index (χ0n) is 13.3. The summed E-state index contributed by atoms with van der Waals surface area (Å²) in [5.41, 5.74) is 0.421. The number of aromatic nitrogens is 1. The minimum absolute atomic E-state index is 0.283. The van der Waals surface area contributed by atoms with E-state index in [-0.39, 0.29) is 5.82 Å². The number of carbonyl (C=O) groups is 2. The summed E-state index contributed by atoms with van der Waals surface area (Å²) in [6, 6.07) is 14.4. The van der Waals surface area contributed by atoms with Crippen molar-refractivity contribution in [2.24, 2.45) is 0 Å². The molecule has 1 N–H and O–H groups in total. The van der Waals surface area contributed by atoms with Crippen molar-refractivity contribution in [1.29, 1.82) is 0 Å². The number of benzene rings is 2.